The number of piperidine rings is 1. The third-order valence-corrected chi connectivity index (χ3v) is 7.81. The Labute approximate surface area is 218 Å². The van der Waals surface area contributed by atoms with Crippen molar-refractivity contribution in [1.29, 1.82) is 0 Å². The first kappa shape index (κ1) is 24.8. The van der Waals surface area contributed by atoms with Crippen LogP contribution in [0.2, 0.25) is 0 Å². The molecule has 1 aliphatic heterocycles. The Kier molecular flexibility index (Phi) is 7.35. The third-order valence-electron chi connectivity index (χ3n) is 7.81. The number of fused-ring (bicyclic) bond motifs is 1. The lowest BCUT2D eigenvalue weighted by Gasteiger charge is -2.40. The number of benzene rings is 3. The number of hydrogen-bond donors (Lipinski definition) is 0. The molecule has 1 fully saturated rings. The maximum absolute atomic E-state index is 13.3. The highest BCUT2D eigenvalue weighted by molar-refractivity contribution is 5.98. The van der Waals surface area contributed by atoms with Crippen molar-refractivity contribution in [3.05, 3.63) is 102 Å². The molecule has 2 amide bonds. The lowest BCUT2D eigenvalue weighted by atomic mass is 9.84. The summed E-state index contributed by atoms with van der Waals surface area (Å²) in [5.74, 6) is 0.451. The summed E-state index contributed by atoms with van der Waals surface area (Å²) >= 11 is 0. The zero-order chi connectivity index (χ0) is 25.8. The predicted molar refractivity (Wildman–Crippen MR) is 146 cm³/mol. The van der Waals surface area contributed by atoms with E-state index in [-0.39, 0.29) is 24.4 Å². The van der Waals surface area contributed by atoms with Crippen LogP contribution in [-0.2, 0) is 17.8 Å². The molecule has 190 valence electrons. The summed E-state index contributed by atoms with van der Waals surface area (Å²) < 4.78 is 1.68. The van der Waals surface area contributed by atoms with Gasteiger partial charge < -0.3 is 9.80 Å². The van der Waals surface area contributed by atoms with E-state index in [1.165, 1.54) is 11.1 Å². The van der Waals surface area contributed by atoms with E-state index in [4.69, 9.17) is 0 Å². The fraction of sp³-hybridized carbons (Fsp3) is 0.323. The van der Waals surface area contributed by atoms with E-state index in [1.54, 1.807) is 10.9 Å². The van der Waals surface area contributed by atoms with Crippen LogP contribution >= 0.6 is 0 Å². The molecular weight excluding hydrogens is 460 g/mol. The number of hydrogen-bond acceptors (Lipinski definition) is 3. The van der Waals surface area contributed by atoms with Crippen LogP contribution in [0.25, 0.3) is 10.8 Å². The van der Waals surface area contributed by atoms with Crippen LogP contribution in [-0.4, -0.2) is 57.6 Å². The molecule has 37 heavy (non-hydrogen) atoms. The fourth-order valence-electron chi connectivity index (χ4n) is 5.51. The van der Waals surface area contributed by atoms with Crippen molar-refractivity contribution < 1.29 is 9.59 Å². The van der Waals surface area contributed by atoms with Gasteiger partial charge in [0, 0.05) is 44.1 Å². The van der Waals surface area contributed by atoms with Crippen molar-refractivity contribution in [3.8, 4) is 0 Å². The number of likely N-dealkylation sites (N-methyl/N-ethyl adjacent to an activating group) is 1. The Morgan fingerprint density at radius 2 is 1.70 bits per heavy atom. The Morgan fingerprint density at radius 3 is 2.43 bits per heavy atom. The minimum atomic E-state index is 0.0527. The molecule has 1 aliphatic rings. The SMILES string of the molecule is Cc1ccccc1CC(C1CCN(C(=O)c2ccc3ccccc3c2)CC1)N(C)C(=O)Cn1cccn1. The van der Waals surface area contributed by atoms with Gasteiger partial charge in [0.25, 0.3) is 5.91 Å². The molecule has 2 heterocycles. The summed E-state index contributed by atoms with van der Waals surface area (Å²) in [5, 5.41) is 6.43. The standard InChI is InChI=1S/C31H34N4O2/c1-23-8-3-4-10-26(23)21-29(33(2)30(36)22-35-17-7-16-32-35)25-14-18-34(19-15-25)31(37)28-13-12-24-9-5-6-11-27(24)20-28/h3-13,16-17,20,25,29H,14-15,18-19,21-22H2,1-2H3. The van der Waals surface area contributed by atoms with Gasteiger partial charge in [0.1, 0.15) is 6.54 Å². The molecule has 5 rings (SSSR count). The number of nitrogens with zero attached hydrogens (tertiary/aromatic N) is 4. The molecule has 0 radical (unpaired) electrons. The molecule has 1 unspecified atom stereocenters. The molecule has 0 saturated carbocycles. The number of carbonyl (C=O) groups is 2. The second-order valence-electron chi connectivity index (χ2n) is 10.1. The predicted octanol–water partition coefficient (Wildman–Crippen LogP) is 4.97. The van der Waals surface area contributed by atoms with Crippen LogP contribution in [0, 0.1) is 12.8 Å². The fourth-order valence-corrected chi connectivity index (χ4v) is 5.51. The highest BCUT2D eigenvalue weighted by atomic mass is 16.2. The van der Waals surface area contributed by atoms with E-state index >= 15 is 0 Å². The topological polar surface area (TPSA) is 58.4 Å². The van der Waals surface area contributed by atoms with Crippen molar-refractivity contribution in [1.82, 2.24) is 19.6 Å². The van der Waals surface area contributed by atoms with Gasteiger partial charge in [-0.2, -0.15) is 5.10 Å². The molecule has 3 aromatic carbocycles. The highest BCUT2D eigenvalue weighted by Gasteiger charge is 2.33. The quantitative estimate of drug-likeness (QED) is 0.365. The van der Waals surface area contributed by atoms with Gasteiger partial charge in [-0.1, -0.05) is 54.6 Å². The number of aromatic nitrogens is 2. The van der Waals surface area contributed by atoms with E-state index in [9.17, 15) is 9.59 Å². The monoisotopic (exact) mass is 494 g/mol. The first-order valence-corrected chi connectivity index (χ1v) is 13.1. The van der Waals surface area contributed by atoms with E-state index in [2.05, 4.69) is 42.4 Å². The summed E-state index contributed by atoms with van der Waals surface area (Å²) in [6.07, 6.45) is 6.06. The molecule has 1 aromatic heterocycles. The van der Waals surface area contributed by atoms with Crippen molar-refractivity contribution in [2.45, 2.75) is 38.8 Å². The van der Waals surface area contributed by atoms with Gasteiger partial charge in [-0.15, -0.1) is 0 Å². The van der Waals surface area contributed by atoms with Gasteiger partial charge in [0.2, 0.25) is 5.91 Å². The second-order valence-corrected chi connectivity index (χ2v) is 10.1. The summed E-state index contributed by atoms with van der Waals surface area (Å²) in [5.41, 5.74) is 3.24. The molecule has 0 bridgehead atoms. The molecule has 6 heteroatoms. The minimum Gasteiger partial charge on any atom is -0.341 e. The largest absolute Gasteiger partial charge is 0.341 e. The molecule has 4 aromatic rings. The minimum absolute atomic E-state index is 0.0527. The van der Waals surface area contributed by atoms with Crippen LogP contribution < -0.4 is 0 Å². The maximum atomic E-state index is 13.3. The molecule has 0 aliphatic carbocycles. The van der Waals surface area contributed by atoms with Crippen molar-refractivity contribution in [2.75, 3.05) is 20.1 Å². The summed E-state index contributed by atoms with van der Waals surface area (Å²) in [4.78, 5) is 30.4. The Morgan fingerprint density at radius 1 is 0.973 bits per heavy atom. The average molecular weight is 495 g/mol. The maximum Gasteiger partial charge on any atom is 0.253 e. The molecule has 0 spiro atoms. The van der Waals surface area contributed by atoms with E-state index in [0.29, 0.717) is 19.0 Å². The lowest BCUT2D eigenvalue weighted by molar-refractivity contribution is -0.134. The molecule has 1 saturated heterocycles. The van der Waals surface area contributed by atoms with Gasteiger partial charge >= 0.3 is 0 Å². The number of amides is 2. The Balaban J connectivity index is 1.30. The molecule has 1 atom stereocenters. The Hall–Kier alpha value is -3.93. The molecule has 0 N–H and O–H groups in total. The summed E-state index contributed by atoms with van der Waals surface area (Å²) in [6.45, 7) is 3.75. The molecule has 6 nitrogen and oxygen atoms in total. The van der Waals surface area contributed by atoms with Crippen LogP contribution in [0.4, 0.5) is 0 Å². The van der Waals surface area contributed by atoms with E-state index < -0.39 is 0 Å². The normalized spacial score (nSPS) is 15.0. The highest BCUT2D eigenvalue weighted by Crippen LogP contribution is 2.28. The van der Waals surface area contributed by atoms with Crippen LogP contribution in [0.3, 0.4) is 0 Å². The Bertz CT molecular complexity index is 1370. The first-order chi connectivity index (χ1) is 18.0. The average Bonchev–Trinajstić information content (AvgIpc) is 3.45. The number of carbonyl (C=O) groups excluding carboxylic acids is 2. The van der Waals surface area contributed by atoms with Gasteiger partial charge in [0.15, 0.2) is 0 Å². The lowest BCUT2D eigenvalue weighted by Crippen LogP contribution is -2.49. The van der Waals surface area contributed by atoms with Crippen LogP contribution in [0.1, 0.15) is 34.3 Å². The van der Waals surface area contributed by atoms with Crippen molar-refractivity contribution >= 4 is 22.6 Å². The smallest absolute Gasteiger partial charge is 0.253 e. The first-order valence-electron chi connectivity index (χ1n) is 13.1. The molecular formula is C31H34N4O2. The third kappa shape index (κ3) is 5.58. The van der Waals surface area contributed by atoms with E-state index in [0.717, 1.165) is 35.6 Å². The van der Waals surface area contributed by atoms with Gasteiger partial charge in [0.05, 0.1) is 0 Å². The number of aryl methyl sites for hydroxylation is 1. The number of likely N-dealkylation sites (tertiary alicyclic amines) is 1. The van der Waals surface area contributed by atoms with Crippen molar-refractivity contribution in [3.63, 3.8) is 0 Å². The van der Waals surface area contributed by atoms with Gasteiger partial charge in [-0.3, -0.25) is 14.3 Å². The number of rotatable bonds is 7. The zero-order valence-corrected chi connectivity index (χ0v) is 21.6. The second kappa shape index (κ2) is 11.0. The van der Waals surface area contributed by atoms with Gasteiger partial charge in [-0.05, 0) is 72.2 Å². The van der Waals surface area contributed by atoms with E-state index in [1.807, 2.05) is 65.5 Å². The van der Waals surface area contributed by atoms with Crippen molar-refractivity contribution in [2.24, 2.45) is 5.92 Å². The van der Waals surface area contributed by atoms with Gasteiger partial charge in [-0.25, -0.2) is 0 Å². The summed E-state index contributed by atoms with van der Waals surface area (Å²) in [7, 11) is 1.92. The van der Waals surface area contributed by atoms with Crippen LogP contribution in [0.15, 0.2) is 85.2 Å². The zero-order valence-electron chi connectivity index (χ0n) is 21.6. The van der Waals surface area contributed by atoms with Crippen LogP contribution in [0.5, 0.6) is 0 Å². The summed E-state index contributed by atoms with van der Waals surface area (Å²) in [6, 6.07) is 24.4.